The molecule has 2 heteroatoms. The summed E-state index contributed by atoms with van der Waals surface area (Å²) in [6, 6.07) is 11.1. The van der Waals surface area contributed by atoms with Crippen molar-refractivity contribution in [1.29, 1.82) is 0 Å². The van der Waals surface area contributed by atoms with E-state index in [0.29, 0.717) is 6.04 Å². The van der Waals surface area contributed by atoms with Crippen LogP contribution in [0.5, 0.6) is 0 Å². The van der Waals surface area contributed by atoms with Gasteiger partial charge in [-0.3, -0.25) is 0 Å². The fourth-order valence-electron chi connectivity index (χ4n) is 2.60. The zero-order valence-electron chi connectivity index (χ0n) is 11.8. The van der Waals surface area contributed by atoms with Gasteiger partial charge in [-0.15, -0.1) is 0 Å². The summed E-state index contributed by atoms with van der Waals surface area (Å²) in [5.41, 5.74) is 1.59. The van der Waals surface area contributed by atoms with E-state index < -0.39 is 0 Å². The highest BCUT2D eigenvalue weighted by Crippen LogP contribution is 2.33. The molecule has 0 aromatic heterocycles. The van der Waals surface area contributed by atoms with Crippen LogP contribution >= 0.6 is 0 Å². The van der Waals surface area contributed by atoms with E-state index in [1.54, 1.807) is 0 Å². The van der Waals surface area contributed by atoms with E-state index in [4.69, 9.17) is 0 Å². The van der Waals surface area contributed by atoms with Gasteiger partial charge in [0.1, 0.15) is 0 Å². The van der Waals surface area contributed by atoms with E-state index in [0.717, 1.165) is 13.1 Å². The van der Waals surface area contributed by atoms with Gasteiger partial charge in [-0.1, -0.05) is 51.1 Å². The molecule has 1 atom stereocenters. The number of nitrogens with one attached hydrogen (secondary N) is 1. The molecule has 0 aliphatic heterocycles. The lowest BCUT2D eigenvalue weighted by Gasteiger charge is -2.37. The molecule has 0 fully saturated rings. The highest BCUT2D eigenvalue weighted by Gasteiger charge is 2.30. The Morgan fingerprint density at radius 2 is 1.76 bits per heavy atom. The first-order chi connectivity index (χ1) is 7.97. The molecule has 1 aromatic rings. The lowest BCUT2D eigenvalue weighted by Crippen LogP contribution is -2.40. The standard InChI is InChI=1S/C15H26N2/c1-6-16-14(13-10-8-7-9-11-13)15(2,3)12-17(4)5/h7-11,14,16H,6,12H2,1-5H3. The van der Waals surface area contributed by atoms with E-state index in [2.05, 4.69) is 75.4 Å². The van der Waals surface area contributed by atoms with Crippen LogP contribution in [0.1, 0.15) is 32.4 Å². The van der Waals surface area contributed by atoms with E-state index >= 15 is 0 Å². The molecule has 1 aromatic carbocycles. The molecule has 0 aliphatic carbocycles. The molecular formula is C15H26N2. The maximum atomic E-state index is 3.62. The van der Waals surface area contributed by atoms with Gasteiger partial charge in [0.2, 0.25) is 0 Å². The second kappa shape index (κ2) is 6.18. The first kappa shape index (κ1) is 14.2. The molecule has 0 aliphatic rings. The molecule has 0 spiro atoms. The Kier molecular flexibility index (Phi) is 5.16. The molecular weight excluding hydrogens is 208 g/mol. The van der Waals surface area contributed by atoms with Gasteiger partial charge in [-0.05, 0) is 31.6 Å². The summed E-state index contributed by atoms with van der Waals surface area (Å²) in [5.74, 6) is 0. The Labute approximate surface area is 106 Å². The van der Waals surface area contributed by atoms with Gasteiger partial charge in [0.15, 0.2) is 0 Å². The Bertz CT molecular complexity index is 317. The van der Waals surface area contributed by atoms with Crippen molar-refractivity contribution < 1.29 is 0 Å². The largest absolute Gasteiger partial charge is 0.310 e. The second-order valence-electron chi connectivity index (χ2n) is 5.63. The molecule has 0 amide bonds. The molecule has 0 saturated heterocycles. The van der Waals surface area contributed by atoms with Gasteiger partial charge in [0, 0.05) is 12.6 Å². The summed E-state index contributed by atoms with van der Waals surface area (Å²) in [5, 5.41) is 3.62. The average molecular weight is 234 g/mol. The van der Waals surface area contributed by atoms with E-state index in [1.807, 2.05) is 0 Å². The van der Waals surface area contributed by atoms with Crippen molar-refractivity contribution in [2.24, 2.45) is 5.41 Å². The van der Waals surface area contributed by atoms with E-state index in [1.165, 1.54) is 5.56 Å². The van der Waals surface area contributed by atoms with Crippen LogP contribution in [0.4, 0.5) is 0 Å². The number of benzene rings is 1. The first-order valence-corrected chi connectivity index (χ1v) is 6.40. The predicted molar refractivity (Wildman–Crippen MR) is 75.2 cm³/mol. The Hall–Kier alpha value is -0.860. The summed E-state index contributed by atoms with van der Waals surface area (Å²) in [6.45, 7) is 8.89. The number of rotatable bonds is 6. The normalized spacial score (nSPS) is 14.0. The van der Waals surface area contributed by atoms with Crippen molar-refractivity contribution >= 4 is 0 Å². The quantitative estimate of drug-likeness (QED) is 0.814. The van der Waals surface area contributed by atoms with Crippen LogP contribution in [-0.2, 0) is 0 Å². The van der Waals surface area contributed by atoms with Gasteiger partial charge in [0.05, 0.1) is 0 Å². The Morgan fingerprint density at radius 3 is 2.24 bits per heavy atom. The monoisotopic (exact) mass is 234 g/mol. The molecule has 0 radical (unpaired) electrons. The topological polar surface area (TPSA) is 15.3 Å². The fraction of sp³-hybridized carbons (Fsp3) is 0.600. The van der Waals surface area contributed by atoms with E-state index in [-0.39, 0.29) is 5.41 Å². The summed E-state index contributed by atoms with van der Waals surface area (Å²) >= 11 is 0. The molecule has 0 heterocycles. The third-order valence-electron chi connectivity index (χ3n) is 3.05. The number of hydrogen-bond acceptors (Lipinski definition) is 2. The highest BCUT2D eigenvalue weighted by atomic mass is 15.1. The lowest BCUT2D eigenvalue weighted by atomic mass is 9.80. The van der Waals surface area contributed by atoms with Crippen molar-refractivity contribution in [3.8, 4) is 0 Å². The maximum absolute atomic E-state index is 3.62. The number of nitrogens with zero attached hydrogens (tertiary/aromatic N) is 1. The molecule has 1 rings (SSSR count). The third kappa shape index (κ3) is 4.14. The Balaban J connectivity index is 2.92. The second-order valence-corrected chi connectivity index (χ2v) is 5.63. The molecule has 17 heavy (non-hydrogen) atoms. The van der Waals surface area contributed by atoms with Crippen LogP contribution in [-0.4, -0.2) is 32.1 Å². The summed E-state index contributed by atoms with van der Waals surface area (Å²) in [4.78, 5) is 2.26. The average Bonchev–Trinajstić information content (AvgIpc) is 2.25. The van der Waals surface area contributed by atoms with Crippen LogP contribution in [0.2, 0.25) is 0 Å². The minimum Gasteiger partial charge on any atom is -0.310 e. The molecule has 0 bridgehead atoms. The maximum Gasteiger partial charge on any atom is 0.0384 e. The van der Waals surface area contributed by atoms with Crippen LogP contribution < -0.4 is 5.32 Å². The number of hydrogen-bond donors (Lipinski definition) is 1. The zero-order chi connectivity index (χ0) is 12.9. The first-order valence-electron chi connectivity index (χ1n) is 6.40. The third-order valence-corrected chi connectivity index (χ3v) is 3.05. The smallest absolute Gasteiger partial charge is 0.0384 e. The van der Waals surface area contributed by atoms with Crippen molar-refractivity contribution in [3.63, 3.8) is 0 Å². The Morgan fingerprint density at radius 1 is 1.18 bits per heavy atom. The predicted octanol–water partition coefficient (Wildman–Crippen LogP) is 2.93. The molecule has 96 valence electrons. The SMILES string of the molecule is CCNC(c1ccccc1)C(C)(C)CN(C)C. The molecule has 0 saturated carbocycles. The van der Waals surface area contributed by atoms with Crippen LogP contribution in [0.3, 0.4) is 0 Å². The minimum absolute atomic E-state index is 0.209. The van der Waals surface area contributed by atoms with Gasteiger partial charge >= 0.3 is 0 Å². The van der Waals surface area contributed by atoms with Crippen molar-refractivity contribution in [3.05, 3.63) is 35.9 Å². The van der Waals surface area contributed by atoms with E-state index in [9.17, 15) is 0 Å². The fourth-order valence-corrected chi connectivity index (χ4v) is 2.60. The molecule has 1 unspecified atom stereocenters. The minimum atomic E-state index is 0.209. The van der Waals surface area contributed by atoms with Crippen molar-refractivity contribution in [2.45, 2.75) is 26.8 Å². The van der Waals surface area contributed by atoms with Gasteiger partial charge < -0.3 is 10.2 Å². The summed E-state index contributed by atoms with van der Waals surface area (Å²) in [7, 11) is 4.27. The van der Waals surface area contributed by atoms with Crippen LogP contribution in [0.25, 0.3) is 0 Å². The van der Waals surface area contributed by atoms with Crippen molar-refractivity contribution in [1.82, 2.24) is 10.2 Å². The summed E-state index contributed by atoms with van der Waals surface area (Å²) in [6.07, 6.45) is 0. The lowest BCUT2D eigenvalue weighted by molar-refractivity contribution is 0.176. The van der Waals surface area contributed by atoms with Gasteiger partial charge in [0.25, 0.3) is 0 Å². The van der Waals surface area contributed by atoms with Gasteiger partial charge in [-0.2, -0.15) is 0 Å². The van der Waals surface area contributed by atoms with Crippen LogP contribution in [0, 0.1) is 5.41 Å². The van der Waals surface area contributed by atoms with Crippen molar-refractivity contribution in [2.75, 3.05) is 27.2 Å². The van der Waals surface area contributed by atoms with Gasteiger partial charge in [-0.25, -0.2) is 0 Å². The zero-order valence-corrected chi connectivity index (χ0v) is 11.8. The molecule has 1 N–H and O–H groups in total. The van der Waals surface area contributed by atoms with Crippen LogP contribution in [0.15, 0.2) is 30.3 Å². The highest BCUT2D eigenvalue weighted by molar-refractivity contribution is 5.21. The summed E-state index contributed by atoms with van der Waals surface area (Å²) < 4.78 is 0. The molecule has 2 nitrogen and oxygen atoms in total.